The molecule has 15 heavy (non-hydrogen) atoms. The predicted molar refractivity (Wildman–Crippen MR) is 61.4 cm³/mol. The summed E-state index contributed by atoms with van der Waals surface area (Å²) in [5, 5.41) is 18.2. The lowest BCUT2D eigenvalue weighted by molar-refractivity contribution is 0.196. The molecule has 0 aromatic carbocycles. The largest absolute Gasteiger partial charge is 0.392 e. The summed E-state index contributed by atoms with van der Waals surface area (Å²) >= 11 is 1.67. The monoisotopic (exact) mass is 222 g/mol. The van der Waals surface area contributed by atoms with Crippen LogP contribution >= 0.6 is 11.8 Å². The van der Waals surface area contributed by atoms with Crippen LogP contribution in [-0.4, -0.2) is 21.4 Å². The summed E-state index contributed by atoms with van der Waals surface area (Å²) in [6, 6.07) is 5.68. The van der Waals surface area contributed by atoms with Gasteiger partial charge in [-0.2, -0.15) is 17.0 Å². The summed E-state index contributed by atoms with van der Waals surface area (Å²) in [5.41, 5.74) is 1.51. The van der Waals surface area contributed by atoms with Crippen molar-refractivity contribution in [2.75, 3.05) is 0 Å². The van der Waals surface area contributed by atoms with Crippen molar-refractivity contribution in [2.24, 2.45) is 0 Å². The Bertz CT molecular complexity index is 360. The van der Waals surface area contributed by atoms with Crippen molar-refractivity contribution in [3.63, 3.8) is 0 Å². The minimum Gasteiger partial charge on any atom is -0.392 e. The van der Waals surface area contributed by atoms with Gasteiger partial charge in [-0.25, -0.2) is 4.98 Å². The van der Waals surface area contributed by atoms with Gasteiger partial charge in [-0.05, 0) is 24.6 Å². The van der Waals surface area contributed by atoms with Crippen LogP contribution in [0.5, 0.6) is 0 Å². The molecular weight excluding hydrogens is 208 g/mol. The van der Waals surface area contributed by atoms with Crippen LogP contribution in [0.3, 0.4) is 0 Å². The minimum atomic E-state index is -0.313. The number of nitriles is 1. The number of hydrogen-bond donors (Lipinski definition) is 1. The zero-order chi connectivity index (χ0) is 11.3. The SMILES string of the molecule is CC(O)C(C)SCc1ccnc(C#N)c1. The van der Waals surface area contributed by atoms with Crippen LogP contribution < -0.4 is 0 Å². The van der Waals surface area contributed by atoms with Crippen molar-refractivity contribution >= 4 is 11.8 Å². The summed E-state index contributed by atoms with van der Waals surface area (Å²) in [6.45, 7) is 3.77. The molecule has 0 saturated heterocycles. The third-order valence-corrected chi connectivity index (χ3v) is 3.55. The Balaban J connectivity index is 2.55. The van der Waals surface area contributed by atoms with Gasteiger partial charge in [-0.3, -0.25) is 0 Å². The molecule has 4 heteroatoms. The highest BCUT2D eigenvalue weighted by Gasteiger charge is 2.09. The average Bonchev–Trinajstić information content (AvgIpc) is 2.26. The zero-order valence-corrected chi connectivity index (χ0v) is 9.66. The molecule has 80 valence electrons. The van der Waals surface area contributed by atoms with Crippen LogP contribution in [-0.2, 0) is 5.75 Å². The third-order valence-electron chi connectivity index (χ3n) is 2.13. The molecule has 0 bridgehead atoms. The van der Waals surface area contributed by atoms with E-state index in [-0.39, 0.29) is 11.4 Å². The Labute approximate surface area is 94.2 Å². The number of aromatic nitrogens is 1. The van der Waals surface area contributed by atoms with E-state index >= 15 is 0 Å². The fourth-order valence-corrected chi connectivity index (χ4v) is 1.91. The second-order valence-electron chi connectivity index (χ2n) is 3.42. The van der Waals surface area contributed by atoms with E-state index in [0.29, 0.717) is 5.69 Å². The molecule has 2 atom stereocenters. The van der Waals surface area contributed by atoms with E-state index in [4.69, 9.17) is 5.26 Å². The average molecular weight is 222 g/mol. The Morgan fingerprint density at radius 3 is 2.93 bits per heavy atom. The van der Waals surface area contributed by atoms with Crippen molar-refractivity contribution in [1.82, 2.24) is 4.98 Å². The lowest BCUT2D eigenvalue weighted by atomic mass is 10.2. The molecule has 0 radical (unpaired) electrons. The minimum absolute atomic E-state index is 0.198. The number of aliphatic hydroxyl groups is 1. The Kier molecular flexibility index (Phi) is 4.60. The highest BCUT2D eigenvalue weighted by molar-refractivity contribution is 7.99. The number of aliphatic hydroxyl groups excluding tert-OH is 1. The lowest BCUT2D eigenvalue weighted by Gasteiger charge is -2.13. The van der Waals surface area contributed by atoms with Gasteiger partial charge in [0.25, 0.3) is 0 Å². The molecule has 2 unspecified atom stereocenters. The Hall–Kier alpha value is -1.05. The van der Waals surface area contributed by atoms with Crippen molar-refractivity contribution < 1.29 is 5.11 Å². The first-order chi connectivity index (χ1) is 7.13. The van der Waals surface area contributed by atoms with Crippen molar-refractivity contribution in [1.29, 1.82) is 5.26 Å². The second kappa shape index (κ2) is 5.74. The van der Waals surface area contributed by atoms with Gasteiger partial charge in [0.05, 0.1) is 6.10 Å². The van der Waals surface area contributed by atoms with Gasteiger partial charge in [-0.15, -0.1) is 0 Å². The molecule has 0 fully saturated rings. The molecule has 3 nitrogen and oxygen atoms in total. The van der Waals surface area contributed by atoms with Crippen LogP contribution in [0.15, 0.2) is 18.3 Å². The molecule has 0 saturated carbocycles. The van der Waals surface area contributed by atoms with Gasteiger partial charge in [0, 0.05) is 17.2 Å². The van der Waals surface area contributed by atoms with E-state index in [1.165, 1.54) is 0 Å². The lowest BCUT2D eigenvalue weighted by Crippen LogP contribution is -2.15. The molecule has 1 rings (SSSR count). The Morgan fingerprint density at radius 2 is 2.33 bits per heavy atom. The van der Waals surface area contributed by atoms with Crippen molar-refractivity contribution in [2.45, 2.75) is 31.0 Å². The summed E-state index contributed by atoms with van der Waals surface area (Å²) in [7, 11) is 0. The molecule has 1 N–H and O–H groups in total. The molecule has 0 spiro atoms. The van der Waals surface area contributed by atoms with Crippen molar-refractivity contribution in [3.05, 3.63) is 29.6 Å². The molecule has 0 aliphatic carbocycles. The molecule has 1 aromatic rings. The fraction of sp³-hybridized carbons (Fsp3) is 0.455. The zero-order valence-electron chi connectivity index (χ0n) is 8.84. The fourth-order valence-electron chi connectivity index (χ4n) is 0.992. The van der Waals surface area contributed by atoms with E-state index in [1.807, 2.05) is 19.1 Å². The molecule has 1 heterocycles. The van der Waals surface area contributed by atoms with Crippen LogP contribution in [0.1, 0.15) is 25.1 Å². The summed E-state index contributed by atoms with van der Waals surface area (Å²) in [5.74, 6) is 0.795. The molecule has 1 aromatic heterocycles. The number of rotatable bonds is 4. The normalized spacial score (nSPS) is 14.3. The van der Waals surface area contributed by atoms with E-state index < -0.39 is 0 Å². The maximum Gasteiger partial charge on any atom is 0.140 e. The summed E-state index contributed by atoms with van der Waals surface area (Å²) in [6.07, 6.45) is 1.33. The number of nitrogens with zero attached hydrogens (tertiary/aromatic N) is 2. The molecular formula is C11H14N2OS. The van der Waals surface area contributed by atoms with Gasteiger partial charge >= 0.3 is 0 Å². The first kappa shape index (κ1) is 12.0. The summed E-state index contributed by atoms with van der Waals surface area (Å²) < 4.78 is 0. The topological polar surface area (TPSA) is 56.9 Å². The number of pyridine rings is 1. The Morgan fingerprint density at radius 1 is 1.60 bits per heavy atom. The maximum atomic E-state index is 9.31. The molecule has 0 aliphatic heterocycles. The van der Waals surface area contributed by atoms with E-state index in [1.54, 1.807) is 30.9 Å². The first-order valence-electron chi connectivity index (χ1n) is 4.78. The number of thioether (sulfide) groups is 1. The molecule has 0 amide bonds. The van der Waals surface area contributed by atoms with Crippen LogP contribution in [0.2, 0.25) is 0 Å². The van der Waals surface area contributed by atoms with Crippen molar-refractivity contribution in [3.8, 4) is 6.07 Å². The molecule has 0 aliphatic rings. The first-order valence-corrected chi connectivity index (χ1v) is 5.83. The second-order valence-corrected chi connectivity index (χ2v) is 4.78. The maximum absolute atomic E-state index is 9.31. The summed E-state index contributed by atoms with van der Waals surface area (Å²) in [4.78, 5) is 3.90. The highest BCUT2D eigenvalue weighted by atomic mass is 32.2. The van der Waals surface area contributed by atoms with E-state index in [0.717, 1.165) is 11.3 Å². The van der Waals surface area contributed by atoms with Gasteiger partial charge in [0.1, 0.15) is 11.8 Å². The predicted octanol–water partition coefficient (Wildman–Crippen LogP) is 1.96. The van der Waals surface area contributed by atoms with Crippen LogP contribution in [0.25, 0.3) is 0 Å². The smallest absolute Gasteiger partial charge is 0.140 e. The van der Waals surface area contributed by atoms with E-state index in [2.05, 4.69) is 4.98 Å². The standard InChI is InChI=1S/C11H14N2OS/c1-8(14)9(2)15-7-10-3-4-13-11(5-10)6-12/h3-5,8-9,14H,7H2,1-2H3. The van der Waals surface area contributed by atoms with Gasteiger partial charge in [0.2, 0.25) is 0 Å². The number of hydrogen-bond acceptors (Lipinski definition) is 4. The van der Waals surface area contributed by atoms with Crippen LogP contribution in [0.4, 0.5) is 0 Å². The van der Waals surface area contributed by atoms with Gasteiger partial charge in [0.15, 0.2) is 0 Å². The van der Waals surface area contributed by atoms with Gasteiger partial charge in [-0.1, -0.05) is 6.92 Å². The third kappa shape index (κ3) is 3.90. The van der Waals surface area contributed by atoms with Gasteiger partial charge < -0.3 is 5.11 Å². The quantitative estimate of drug-likeness (QED) is 0.846. The van der Waals surface area contributed by atoms with E-state index in [9.17, 15) is 5.11 Å². The van der Waals surface area contributed by atoms with Crippen LogP contribution in [0, 0.1) is 11.3 Å². The highest BCUT2D eigenvalue weighted by Crippen LogP contribution is 2.19.